The molecule has 2 atom stereocenters. The Morgan fingerprint density at radius 3 is 2.54 bits per heavy atom. The SMILES string of the molecule is COc1ccc(CN2C[C@@H]3CN(C(=O)NC(C)C)C[C@@H]3C2=O)cc1. The second-order valence-corrected chi connectivity index (χ2v) is 6.94. The van der Waals surface area contributed by atoms with E-state index in [1.807, 2.05) is 43.0 Å². The van der Waals surface area contributed by atoms with Crippen molar-refractivity contribution in [1.29, 1.82) is 0 Å². The van der Waals surface area contributed by atoms with E-state index < -0.39 is 0 Å². The summed E-state index contributed by atoms with van der Waals surface area (Å²) >= 11 is 0. The summed E-state index contributed by atoms with van der Waals surface area (Å²) in [6.45, 7) is 6.41. The van der Waals surface area contributed by atoms with Crippen LogP contribution in [0, 0.1) is 11.8 Å². The third kappa shape index (κ3) is 3.32. The van der Waals surface area contributed by atoms with E-state index in [1.165, 1.54) is 0 Å². The number of urea groups is 1. The van der Waals surface area contributed by atoms with Crippen LogP contribution in [0.4, 0.5) is 4.79 Å². The minimum atomic E-state index is -0.0612. The van der Waals surface area contributed by atoms with E-state index in [-0.39, 0.29) is 29.8 Å². The molecule has 2 saturated heterocycles. The summed E-state index contributed by atoms with van der Waals surface area (Å²) in [5.74, 6) is 1.17. The topological polar surface area (TPSA) is 61.9 Å². The number of ether oxygens (including phenoxy) is 1. The molecule has 0 unspecified atom stereocenters. The minimum Gasteiger partial charge on any atom is -0.497 e. The van der Waals surface area contributed by atoms with Crippen molar-refractivity contribution < 1.29 is 14.3 Å². The van der Waals surface area contributed by atoms with Crippen molar-refractivity contribution in [1.82, 2.24) is 15.1 Å². The van der Waals surface area contributed by atoms with Gasteiger partial charge in [-0.2, -0.15) is 0 Å². The Morgan fingerprint density at radius 1 is 1.25 bits per heavy atom. The lowest BCUT2D eigenvalue weighted by Crippen LogP contribution is -2.43. The lowest BCUT2D eigenvalue weighted by atomic mass is 10.0. The Morgan fingerprint density at radius 2 is 1.96 bits per heavy atom. The van der Waals surface area contributed by atoms with Crippen molar-refractivity contribution in [2.24, 2.45) is 11.8 Å². The quantitative estimate of drug-likeness (QED) is 0.913. The third-order valence-corrected chi connectivity index (χ3v) is 4.76. The van der Waals surface area contributed by atoms with E-state index in [4.69, 9.17) is 4.74 Å². The second-order valence-electron chi connectivity index (χ2n) is 6.94. The third-order valence-electron chi connectivity index (χ3n) is 4.76. The van der Waals surface area contributed by atoms with Crippen LogP contribution in [0.5, 0.6) is 5.75 Å². The highest BCUT2D eigenvalue weighted by Gasteiger charge is 2.47. The normalized spacial score (nSPS) is 22.9. The van der Waals surface area contributed by atoms with Crippen LogP contribution >= 0.6 is 0 Å². The fourth-order valence-electron chi connectivity index (χ4n) is 3.54. The highest BCUT2D eigenvalue weighted by molar-refractivity contribution is 5.84. The van der Waals surface area contributed by atoms with Crippen LogP contribution in [0.3, 0.4) is 0 Å². The van der Waals surface area contributed by atoms with E-state index in [0.717, 1.165) is 17.9 Å². The van der Waals surface area contributed by atoms with Gasteiger partial charge in [0, 0.05) is 38.1 Å². The van der Waals surface area contributed by atoms with Gasteiger partial charge in [0.1, 0.15) is 5.75 Å². The van der Waals surface area contributed by atoms with Crippen LogP contribution in [-0.2, 0) is 11.3 Å². The Kier molecular flexibility index (Phi) is 4.64. The van der Waals surface area contributed by atoms with Gasteiger partial charge >= 0.3 is 6.03 Å². The van der Waals surface area contributed by atoms with Crippen molar-refractivity contribution in [2.45, 2.75) is 26.4 Å². The highest BCUT2D eigenvalue weighted by Crippen LogP contribution is 2.33. The molecule has 6 heteroatoms. The molecular weight excluding hydrogens is 306 g/mol. The van der Waals surface area contributed by atoms with Gasteiger partial charge in [-0.1, -0.05) is 12.1 Å². The fraction of sp³-hybridized carbons (Fsp3) is 0.556. The molecule has 1 aromatic rings. The van der Waals surface area contributed by atoms with Crippen LogP contribution < -0.4 is 10.1 Å². The lowest BCUT2D eigenvalue weighted by molar-refractivity contribution is -0.131. The largest absolute Gasteiger partial charge is 0.497 e. The standard InChI is InChI=1S/C18H25N3O3/c1-12(2)19-18(23)21-10-14-9-20(17(22)16(14)11-21)8-13-4-6-15(24-3)7-5-13/h4-7,12,14,16H,8-11H2,1-3H3,(H,19,23)/t14-,16+/m1/s1. The Hall–Kier alpha value is -2.24. The number of amides is 3. The van der Waals surface area contributed by atoms with Gasteiger partial charge < -0.3 is 19.9 Å². The van der Waals surface area contributed by atoms with E-state index >= 15 is 0 Å². The number of nitrogens with one attached hydrogen (secondary N) is 1. The molecule has 0 spiro atoms. The van der Waals surface area contributed by atoms with E-state index in [1.54, 1.807) is 12.0 Å². The van der Waals surface area contributed by atoms with Gasteiger partial charge in [-0.15, -0.1) is 0 Å². The zero-order chi connectivity index (χ0) is 17.3. The van der Waals surface area contributed by atoms with E-state index in [0.29, 0.717) is 19.6 Å². The molecule has 2 heterocycles. The fourth-order valence-corrected chi connectivity index (χ4v) is 3.54. The molecule has 0 aliphatic carbocycles. The van der Waals surface area contributed by atoms with Gasteiger partial charge in [-0.05, 0) is 31.5 Å². The molecule has 0 bridgehead atoms. The average Bonchev–Trinajstić information content (AvgIpc) is 3.08. The summed E-state index contributed by atoms with van der Waals surface area (Å²) < 4.78 is 5.16. The molecule has 24 heavy (non-hydrogen) atoms. The van der Waals surface area contributed by atoms with Crippen LogP contribution in [0.1, 0.15) is 19.4 Å². The number of hydrogen-bond acceptors (Lipinski definition) is 3. The van der Waals surface area contributed by atoms with Crippen LogP contribution in [0.25, 0.3) is 0 Å². The van der Waals surface area contributed by atoms with Gasteiger partial charge in [0.15, 0.2) is 0 Å². The predicted molar refractivity (Wildman–Crippen MR) is 90.6 cm³/mol. The van der Waals surface area contributed by atoms with Crippen LogP contribution in [0.2, 0.25) is 0 Å². The lowest BCUT2D eigenvalue weighted by Gasteiger charge is -2.23. The molecule has 130 valence electrons. The number of carbonyl (C=O) groups excluding carboxylic acids is 2. The summed E-state index contributed by atoms with van der Waals surface area (Å²) in [4.78, 5) is 28.4. The summed E-state index contributed by atoms with van der Waals surface area (Å²) in [5.41, 5.74) is 1.10. The van der Waals surface area contributed by atoms with E-state index in [2.05, 4.69) is 5.32 Å². The molecule has 0 saturated carbocycles. The molecule has 2 fully saturated rings. The number of methoxy groups -OCH3 is 1. The minimum absolute atomic E-state index is 0.0545. The van der Waals surface area contributed by atoms with Crippen LogP contribution in [-0.4, -0.2) is 54.5 Å². The number of fused-ring (bicyclic) bond motifs is 1. The summed E-state index contributed by atoms with van der Waals surface area (Å²) in [7, 11) is 1.64. The zero-order valence-electron chi connectivity index (χ0n) is 14.5. The molecule has 3 amide bonds. The molecule has 0 radical (unpaired) electrons. The molecule has 1 aromatic carbocycles. The Bertz CT molecular complexity index is 614. The van der Waals surface area contributed by atoms with Crippen molar-refractivity contribution in [2.75, 3.05) is 26.7 Å². The maximum atomic E-state index is 12.6. The Labute approximate surface area is 142 Å². The first-order valence-electron chi connectivity index (χ1n) is 8.45. The maximum Gasteiger partial charge on any atom is 0.317 e. The number of benzene rings is 1. The summed E-state index contributed by atoms with van der Waals surface area (Å²) in [6.07, 6.45) is 0. The highest BCUT2D eigenvalue weighted by atomic mass is 16.5. The van der Waals surface area contributed by atoms with Gasteiger partial charge in [0.05, 0.1) is 13.0 Å². The first-order valence-corrected chi connectivity index (χ1v) is 8.45. The smallest absolute Gasteiger partial charge is 0.317 e. The molecule has 6 nitrogen and oxygen atoms in total. The van der Waals surface area contributed by atoms with Crippen molar-refractivity contribution >= 4 is 11.9 Å². The number of carbonyl (C=O) groups is 2. The molecule has 2 aliphatic rings. The van der Waals surface area contributed by atoms with Gasteiger partial charge in [-0.25, -0.2) is 4.79 Å². The number of rotatable bonds is 4. The molecule has 3 rings (SSSR count). The van der Waals surface area contributed by atoms with Gasteiger partial charge in [-0.3, -0.25) is 4.79 Å². The maximum absolute atomic E-state index is 12.6. The second kappa shape index (κ2) is 6.71. The number of hydrogen-bond donors (Lipinski definition) is 1. The van der Waals surface area contributed by atoms with Crippen LogP contribution in [0.15, 0.2) is 24.3 Å². The molecule has 0 aromatic heterocycles. The number of likely N-dealkylation sites (tertiary alicyclic amines) is 2. The summed E-state index contributed by atoms with van der Waals surface area (Å²) in [5, 5.41) is 2.90. The van der Waals surface area contributed by atoms with Gasteiger partial charge in [0.25, 0.3) is 0 Å². The van der Waals surface area contributed by atoms with Crippen molar-refractivity contribution in [3.8, 4) is 5.75 Å². The summed E-state index contributed by atoms with van der Waals surface area (Å²) in [6, 6.07) is 7.85. The predicted octanol–water partition coefficient (Wildman–Crippen LogP) is 1.70. The van der Waals surface area contributed by atoms with Gasteiger partial charge in [0.2, 0.25) is 5.91 Å². The first kappa shape index (κ1) is 16.6. The van der Waals surface area contributed by atoms with E-state index in [9.17, 15) is 9.59 Å². The average molecular weight is 331 g/mol. The molecular formula is C18H25N3O3. The molecule has 2 aliphatic heterocycles. The van der Waals surface area contributed by atoms with Crippen molar-refractivity contribution in [3.05, 3.63) is 29.8 Å². The van der Waals surface area contributed by atoms with Crippen molar-refractivity contribution in [3.63, 3.8) is 0 Å². The molecule has 1 N–H and O–H groups in total. The zero-order valence-corrected chi connectivity index (χ0v) is 14.5. The monoisotopic (exact) mass is 331 g/mol. The Balaban J connectivity index is 1.58. The first-order chi connectivity index (χ1) is 11.5. The number of nitrogens with zero attached hydrogens (tertiary/aromatic N) is 2.